The zero-order valence-corrected chi connectivity index (χ0v) is 14.4. The van der Waals surface area contributed by atoms with E-state index in [2.05, 4.69) is 9.98 Å². The summed E-state index contributed by atoms with van der Waals surface area (Å²) in [5, 5.41) is 0. The molecule has 1 aromatic carbocycles. The van der Waals surface area contributed by atoms with Gasteiger partial charge in [-0.15, -0.1) is 0 Å². The Kier molecular flexibility index (Phi) is 4.53. The van der Waals surface area contributed by atoms with Gasteiger partial charge in [-0.3, -0.25) is 4.90 Å². The summed E-state index contributed by atoms with van der Waals surface area (Å²) in [4.78, 5) is 10.1. The van der Waals surface area contributed by atoms with E-state index in [1.165, 1.54) is 12.1 Å². The van der Waals surface area contributed by atoms with Crippen LogP contribution in [0.1, 0.15) is 46.0 Å². The molecule has 6 nitrogen and oxygen atoms in total. The van der Waals surface area contributed by atoms with Crippen molar-refractivity contribution in [1.29, 1.82) is 0 Å². The van der Waals surface area contributed by atoms with Gasteiger partial charge in [0.25, 0.3) is 0 Å². The van der Waals surface area contributed by atoms with Crippen LogP contribution in [0.2, 0.25) is 0 Å². The van der Waals surface area contributed by atoms with Crippen LogP contribution in [0, 0.1) is 11.6 Å². The van der Waals surface area contributed by atoms with Crippen molar-refractivity contribution in [3.05, 3.63) is 23.8 Å². The summed E-state index contributed by atoms with van der Waals surface area (Å²) in [5.41, 5.74) is 11.4. The first kappa shape index (κ1) is 17.4. The minimum atomic E-state index is -0.787. The SMILES string of the molecule is CC(C)Oc1c(F)cc(N2C(N)=NC(N)=NC23CCCCC3)cc1F. The molecule has 0 amide bonds. The van der Waals surface area contributed by atoms with Gasteiger partial charge in [-0.2, -0.15) is 4.99 Å². The highest BCUT2D eigenvalue weighted by Gasteiger charge is 2.43. The minimum Gasteiger partial charge on any atom is -0.485 e. The molecule has 8 heteroatoms. The summed E-state index contributed by atoms with van der Waals surface area (Å²) < 4.78 is 34.1. The molecule has 4 N–H and O–H groups in total. The summed E-state index contributed by atoms with van der Waals surface area (Å²) in [6, 6.07) is 2.41. The fourth-order valence-corrected chi connectivity index (χ4v) is 3.52. The van der Waals surface area contributed by atoms with Crippen molar-refractivity contribution in [3.8, 4) is 5.75 Å². The molecule has 0 saturated heterocycles. The molecular weight excluding hydrogens is 328 g/mol. The molecule has 3 rings (SSSR count). The highest BCUT2D eigenvalue weighted by molar-refractivity contribution is 6.05. The number of nitrogens with zero attached hydrogens (tertiary/aromatic N) is 3. The van der Waals surface area contributed by atoms with E-state index in [1.54, 1.807) is 18.7 Å². The molecule has 1 fully saturated rings. The number of hydrogen-bond donors (Lipinski definition) is 2. The van der Waals surface area contributed by atoms with Crippen LogP contribution < -0.4 is 21.1 Å². The number of ether oxygens (including phenoxy) is 1. The number of halogens is 2. The van der Waals surface area contributed by atoms with Gasteiger partial charge in [0.2, 0.25) is 11.9 Å². The summed E-state index contributed by atoms with van der Waals surface area (Å²) in [6.07, 6.45) is 3.98. The van der Waals surface area contributed by atoms with Crippen LogP contribution in [-0.4, -0.2) is 23.7 Å². The molecule has 1 aliphatic heterocycles. The highest BCUT2D eigenvalue weighted by atomic mass is 19.1. The quantitative estimate of drug-likeness (QED) is 0.876. The molecule has 1 aliphatic carbocycles. The van der Waals surface area contributed by atoms with E-state index in [1.807, 2.05) is 0 Å². The first-order valence-electron chi connectivity index (χ1n) is 8.48. The normalized spacial score (nSPS) is 19.8. The largest absolute Gasteiger partial charge is 0.485 e. The second kappa shape index (κ2) is 6.50. The smallest absolute Gasteiger partial charge is 0.220 e. The average Bonchev–Trinajstić information content (AvgIpc) is 2.50. The standard InChI is InChI=1S/C17H23F2N5O/c1-10(2)25-14-12(18)8-11(9-13(14)19)24-16(21)22-15(20)23-17(24)6-4-3-5-7-17/h8-10H,3-7H2,1-2H3,(H4,20,21,22,23). The Hall–Kier alpha value is -2.38. The third-order valence-electron chi connectivity index (χ3n) is 4.45. The van der Waals surface area contributed by atoms with E-state index in [-0.39, 0.29) is 23.7 Å². The third-order valence-corrected chi connectivity index (χ3v) is 4.45. The number of rotatable bonds is 3. The van der Waals surface area contributed by atoms with Crippen molar-refractivity contribution < 1.29 is 13.5 Å². The lowest BCUT2D eigenvalue weighted by Gasteiger charge is -2.45. The number of nitrogens with two attached hydrogens (primary N) is 2. The maximum absolute atomic E-state index is 14.5. The fraction of sp³-hybridized carbons (Fsp3) is 0.529. The number of benzene rings is 1. The van der Waals surface area contributed by atoms with Gasteiger partial charge in [-0.1, -0.05) is 6.42 Å². The van der Waals surface area contributed by atoms with Crippen molar-refractivity contribution in [2.45, 2.75) is 57.7 Å². The van der Waals surface area contributed by atoms with Crippen molar-refractivity contribution in [2.24, 2.45) is 21.5 Å². The van der Waals surface area contributed by atoms with Crippen LogP contribution in [0.3, 0.4) is 0 Å². The van der Waals surface area contributed by atoms with Gasteiger partial charge >= 0.3 is 0 Å². The Balaban J connectivity index is 2.05. The topological polar surface area (TPSA) is 89.2 Å². The van der Waals surface area contributed by atoms with Crippen molar-refractivity contribution in [3.63, 3.8) is 0 Å². The lowest BCUT2D eigenvalue weighted by atomic mass is 9.87. The molecule has 1 spiro atoms. The van der Waals surface area contributed by atoms with Gasteiger partial charge in [0.05, 0.1) is 11.8 Å². The van der Waals surface area contributed by atoms with E-state index in [9.17, 15) is 8.78 Å². The Bertz CT molecular complexity index is 703. The zero-order chi connectivity index (χ0) is 18.2. The second-order valence-corrected chi connectivity index (χ2v) is 6.72. The number of aliphatic imine (C=N–C) groups is 2. The van der Waals surface area contributed by atoms with Gasteiger partial charge < -0.3 is 16.2 Å². The predicted octanol–water partition coefficient (Wildman–Crippen LogP) is 2.86. The zero-order valence-electron chi connectivity index (χ0n) is 14.4. The monoisotopic (exact) mass is 351 g/mol. The highest BCUT2D eigenvalue weighted by Crippen LogP contribution is 2.40. The van der Waals surface area contributed by atoms with E-state index in [0.717, 1.165) is 19.3 Å². The number of hydrogen-bond acceptors (Lipinski definition) is 6. The molecule has 2 aliphatic rings. The Morgan fingerprint density at radius 2 is 1.72 bits per heavy atom. The summed E-state index contributed by atoms with van der Waals surface area (Å²) in [6.45, 7) is 3.41. The van der Waals surface area contributed by atoms with Crippen molar-refractivity contribution in [1.82, 2.24) is 0 Å². The molecule has 0 radical (unpaired) electrons. The average molecular weight is 351 g/mol. The molecule has 0 atom stereocenters. The van der Waals surface area contributed by atoms with Crippen molar-refractivity contribution in [2.75, 3.05) is 4.90 Å². The Morgan fingerprint density at radius 1 is 1.12 bits per heavy atom. The van der Waals surface area contributed by atoms with E-state index >= 15 is 0 Å². The number of anilines is 1. The van der Waals surface area contributed by atoms with Crippen LogP contribution in [0.5, 0.6) is 5.75 Å². The Labute approximate surface area is 145 Å². The summed E-state index contributed by atoms with van der Waals surface area (Å²) >= 11 is 0. The molecule has 1 aromatic rings. The molecule has 0 unspecified atom stereocenters. The van der Waals surface area contributed by atoms with Crippen LogP contribution in [-0.2, 0) is 0 Å². The van der Waals surface area contributed by atoms with E-state index in [4.69, 9.17) is 16.2 Å². The minimum absolute atomic E-state index is 0.0886. The van der Waals surface area contributed by atoms with Crippen LogP contribution in [0.4, 0.5) is 14.5 Å². The second-order valence-electron chi connectivity index (χ2n) is 6.72. The molecule has 25 heavy (non-hydrogen) atoms. The molecule has 1 saturated carbocycles. The van der Waals surface area contributed by atoms with Gasteiger partial charge in [-0.05, 0) is 39.5 Å². The first-order valence-corrected chi connectivity index (χ1v) is 8.48. The molecule has 0 aromatic heterocycles. The van der Waals surface area contributed by atoms with Gasteiger partial charge in [0, 0.05) is 12.1 Å². The molecular formula is C17H23F2N5O. The van der Waals surface area contributed by atoms with Crippen LogP contribution >= 0.6 is 0 Å². The van der Waals surface area contributed by atoms with Crippen LogP contribution in [0.15, 0.2) is 22.1 Å². The van der Waals surface area contributed by atoms with Gasteiger partial charge in [-0.25, -0.2) is 13.8 Å². The molecule has 1 heterocycles. The lowest BCUT2D eigenvalue weighted by Crippen LogP contribution is -2.58. The van der Waals surface area contributed by atoms with Crippen molar-refractivity contribution >= 4 is 17.6 Å². The van der Waals surface area contributed by atoms with Gasteiger partial charge in [0.1, 0.15) is 5.66 Å². The molecule has 0 bridgehead atoms. The Morgan fingerprint density at radius 3 is 2.28 bits per heavy atom. The maximum Gasteiger partial charge on any atom is 0.220 e. The summed E-state index contributed by atoms with van der Waals surface area (Å²) in [5.74, 6) is -1.79. The first-order chi connectivity index (χ1) is 11.8. The lowest BCUT2D eigenvalue weighted by molar-refractivity contribution is 0.219. The van der Waals surface area contributed by atoms with E-state index in [0.29, 0.717) is 12.8 Å². The third kappa shape index (κ3) is 3.25. The van der Waals surface area contributed by atoms with Gasteiger partial charge in [0.15, 0.2) is 17.4 Å². The summed E-state index contributed by atoms with van der Waals surface area (Å²) in [7, 11) is 0. The number of guanidine groups is 2. The maximum atomic E-state index is 14.5. The fourth-order valence-electron chi connectivity index (χ4n) is 3.52. The van der Waals surface area contributed by atoms with Crippen LogP contribution in [0.25, 0.3) is 0 Å². The predicted molar refractivity (Wildman–Crippen MR) is 93.7 cm³/mol. The molecule has 136 valence electrons. The van der Waals surface area contributed by atoms with E-state index < -0.39 is 23.0 Å².